The number of nitrogens with zero attached hydrogens (tertiary/aromatic N) is 2. The lowest BCUT2D eigenvalue weighted by Crippen LogP contribution is -2.24. The highest BCUT2D eigenvalue weighted by Crippen LogP contribution is 2.23. The van der Waals surface area contributed by atoms with Crippen LogP contribution in [0.25, 0.3) is 0 Å². The summed E-state index contributed by atoms with van der Waals surface area (Å²) in [6.07, 6.45) is 3.70. The zero-order valence-corrected chi connectivity index (χ0v) is 17.3. The molecule has 0 aliphatic carbocycles. The second-order valence-electron chi connectivity index (χ2n) is 6.24. The highest BCUT2D eigenvalue weighted by Gasteiger charge is 2.09. The van der Waals surface area contributed by atoms with E-state index in [4.69, 9.17) is 10.5 Å². The van der Waals surface area contributed by atoms with Crippen molar-refractivity contribution < 1.29 is 4.74 Å². The van der Waals surface area contributed by atoms with E-state index in [1.807, 2.05) is 54.6 Å². The van der Waals surface area contributed by atoms with E-state index in [2.05, 4.69) is 15.2 Å². The molecule has 1 heterocycles. The maximum atomic E-state index is 5.99. The quantitative estimate of drug-likeness (QED) is 0.276. The summed E-state index contributed by atoms with van der Waals surface area (Å²) in [4.78, 5) is 6.90. The molecule has 0 bridgehead atoms. The Morgan fingerprint density at radius 3 is 2.54 bits per heavy atom. The highest BCUT2D eigenvalue weighted by atomic mass is 127. The Balaban J connectivity index is 0.00000243. The van der Waals surface area contributed by atoms with Crippen molar-refractivity contribution in [3.05, 3.63) is 54.6 Å². The van der Waals surface area contributed by atoms with Gasteiger partial charge in [0.15, 0.2) is 5.96 Å². The number of hydrogen-bond acceptors (Lipinski definition) is 3. The number of para-hydroxylation sites is 1. The van der Waals surface area contributed by atoms with Crippen LogP contribution in [0, 0.1) is 0 Å². The van der Waals surface area contributed by atoms with Gasteiger partial charge in [-0.1, -0.05) is 24.3 Å². The van der Waals surface area contributed by atoms with E-state index in [9.17, 15) is 0 Å². The molecule has 0 aromatic heterocycles. The van der Waals surface area contributed by atoms with Crippen molar-refractivity contribution in [2.75, 3.05) is 31.5 Å². The monoisotopic (exact) mass is 466 g/mol. The molecule has 2 aromatic carbocycles. The van der Waals surface area contributed by atoms with Crippen LogP contribution in [0.4, 0.5) is 5.69 Å². The first kappa shape index (κ1) is 20.5. The van der Waals surface area contributed by atoms with E-state index in [0.717, 1.165) is 36.7 Å². The Bertz CT molecular complexity index is 687. The first-order valence-corrected chi connectivity index (χ1v) is 8.92. The number of halogens is 1. The number of rotatable bonds is 7. The van der Waals surface area contributed by atoms with Crippen molar-refractivity contribution in [2.24, 2.45) is 10.7 Å². The van der Waals surface area contributed by atoms with Crippen molar-refractivity contribution in [3.63, 3.8) is 0 Å². The zero-order chi connectivity index (χ0) is 17.3. The Morgan fingerprint density at radius 2 is 1.77 bits per heavy atom. The van der Waals surface area contributed by atoms with Crippen LogP contribution in [0.3, 0.4) is 0 Å². The molecule has 5 nitrogen and oxygen atoms in total. The second-order valence-corrected chi connectivity index (χ2v) is 6.24. The normalized spacial score (nSPS) is 14.7. The van der Waals surface area contributed by atoms with Crippen LogP contribution in [0.2, 0.25) is 0 Å². The van der Waals surface area contributed by atoms with Gasteiger partial charge in [0.2, 0.25) is 0 Å². The Labute approximate surface area is 172 Å². The number of nitrogens with two attached hydrogens (primary N) is 1. The molecule has 2 aromatic rings. The fourth-order valence-electron chi connectivity index (χ4n) is 2.95. The molecular weight excluding hydrogens is 439 g/mol. The molecule has 0 saturated carbocycles. The van der Waals surface area contributed by atoms with E-state index in [1.54, 1.807) is 0 Å². The molecule has 0 spiro atoms. The molecular formula is C20H27IN4O. The fraction of sp³-hybridized carbons (Fsp3) is 0.350. The van der Waals surface area contributed by atoms with Gasteiger partial charge in [-0.25, -0.2) is 0 Å². The van der Waals surface area contributed by atoms with Gasteiger partial charge in [-0.05, 0) is 63.2 Å². The summed E-state index contributed by atoms with van der Waals surface area (Å²) in [5.41, 5.74) is 6.86. The van der Waals surface area contributed by atoms with Crippen LogP contribution in [0.5, 0.6) is 11.5 Å². The van der Waals surface area contributed by atoms with Crippen LogP contribution < -0.4 is 15.8 Å². The number of hydrogen-bond donors (Lipinski definition) is 2. The van der Waals surface area contributed by atoms with Crippen molar-refractivity contribution >= 4 is 35.6 Å². The maximum Gasteiger partial charge on any atom is 0.193 e. The van der Waals surface area contributed by atoms with Gasteiger partial charge in [-0.15, -0.1) is 24.0 Å². The van der Waals surface area contributed by atoms with Crippen LogP contribution >= 0.6 is 24.0 Å². The number of aliphatic imine (C=N–C) groups is 1. The number of benzene rings is 2. The smallest absolute Gasteiger partial charge is 0.193 e. The average molecular weight is 466 g/mol. The fourth-order valence-corrected chi connectivity index (χ4v) is 2.95. The van der Waals surface area contributed by atoms with E-state index in [1.165, 1.54) is 25.9 Å². The third-order valence-electron chi connectivity index (χ3n) is 4.20. The minimum Gasteiger partial charge on any atom is -0.457 e. The first-order chi connectivity index (χ1) is 12.3. The van der Waals surface area contributed by atoms with Gasteiger partial charge in [-0.3, -0.25) is 4.99 Å². The lowest BCUT2D eigenvalue weighted by molar-refractivity contribution is 0.336. The second kappa shape index (κ2) is 11.0. The van der Waals surface area contributed by atoms with E-state index in [-0.39, 0.29) is 24.0 Å². The molecule has 26 heavy (non-hydrogen) atoms. The lowest BCUT2D eigenvalue weighted by Gasteiger charge is -2.13. The summed E-state index contributed by atoms with van der Waals surface area (Å²) in [6, 6.07) is 17.4. The van der Waals surface area contributed by atoms with Crippen molar-refractivity contribution in [1.82, 2.24) is 4.90 Å². The van der Waals surface area contributed by atoms with Gasteiger partial charge in [0.05, 0.1) is 0 Å². The third-order valence-corrected chi connectivity index (χ3v) is 4.20. The molecule has 1 aliphatic rings. The van der Waals surface area contributed by atoms with Crippen LogP contribution in [0.15, 0.2) is 59.6 Å². The Hall–Kier alpha value is -1.80. The summed E-state index contributed by atoms with van der Waals surface area (Å²) >= 11 is 0. The third kappa shape index (κ3) is 6.84. The molecule has 140 valence electrons. The number of likely N-dealkylation sites (tertiary alicyclic amines) is 1. The molecule has 3 N–H and O–H groups in total. The topological polar surface area (TPSA) is 62.9 Å². The number of ether oxygens (including phenoxy) is 1. The summed E-state index contributed by atoms with van der Waals surface area (Å²) in [5.74, 6) is 2.01. The standard InChI is InChI=1S/C20H26N4O.HI/c21-20(22-12-7-15-24-13-4-5-14-24)23-17-8-6-11-19(16-17)25-18-9-2-1-3-10-18;/h1-3,6,8-11,16H,4-5,7,12-15H2,(H3,21,22,23);1H. The molecule has 0 atom stereocenters. The van der Waals surface area contributed by atoms with Crippen LogP contribution in [-0.2, 0) is 0 Å². The molecule has 1 aliphatic heterocycles. The lowest BCUT2D eigenvalue weighted by atomic mass is 10.3. The number of nitrogens with one attached hydrogen (secondary N) is 1. The van der Waals surface area contributed by atoms with Gasteiger partial charge in [0, 0.05) is 18.3 Å². The van der Waals surface area contributed by atoms with E-state index < -0.39 is 0 Å². The minimum atomic E-state index is 0. The summed E-state index contributed by atoms with van der Waals surface area (Å²) in [6.45, 7) is 4.31. The number of guanidine groups is 1. The van der Waals surface area contributed by atoms with Crippen molar-refractivity contribution in [3.8, 4) is 11.5 Å². The first-order valence-electron chi connectivity index (χ1n) is 8.92. The molecule has 0 unspecified atom stereocenters. The summed E-state index contributed by atoms with van der Waals surface area (Å²) in [5, 5.41) is 3.13. The number of anilines is 1. The van der Waals surface area contributed by atoms with E-state index >= 15 is 0 Å². The van der Waals surface area contributed by atoms with Gasteiger partial charge < -0.3 is 20.7 Å². The predicted molar refractivity (Wildman–Crippen MR) is 119 cm³/mol. The largest absolute Gasteiger partial charge is 0.457 e. The molecule has 1 fully saturated rings. The predicted octanol–water partition coefficient (Wildman–Crippen LogP) is 4.31. The summed E-state index contributed by atoms with van der Waals surface area (Å²) in [7, 11) is 0. The molecule has 1 saturated heterocycles. The zero-order valence-electron chi connectivity index (χ0n) is 14.9. The molecule has 3 rings (SSSR count). The Morgan fingerprint density at radius 1 is 1.04 bits per heavy atom. The van der Waals surface area contributed by atoms with Gasteiger partial charge in [0.1, 0.15) is 11.5 Å². The van der Waals surface area contributed by atoms with Gasteiger partial charge in [-0.2, -0.15) is 0 Å². The van der Waals surface area contributed by atoms with Crippen LogP contribution in [0.1, 0.15) is 19.3 Å². The van der Waals surface area contributed by atoms with Crippen molar-refractivity contribution in [2.45, 2.75) is 19.3 Å². The minimum absolute atomic E-state index is 0. The highest BCUT2D eigenvalue weighted by molar-refractivity contribution is 14.0. The maximum absolute atomic E-state index is 5.99. The van der Waals surface area contributed by atoms with Crippen molar-refractivity contribution in [1.29, 1.82) is 0 Å². The molecule has 0 radical (unpaired) electrons. The SMILES string of the molecule is I.NC(=NCCCN1CCCC1)Nc1cccc(Oc2ccccc2)c1. The van der Waals surface area contributed by atoms with Crippen LogP contribution in [-0.4, -0.2) is 37.0 Å². The average Bonchev–Trinajstić information content (AvgIpc) is 3.13. The molecule has 0 amide bonds. The molecule has 6 heteroatoms. The Kier molecular flexibility index (Phi) is 8.70. The summed E-state index contributed by atoms with van der Waals surface area (Å²) < 4.78 is 5.83. The van der Waals surface area contributed by atoms with E-state index in [0.29, 0.717) is 5.96 Å². The van der Waals surface area contributed by atoms with Gasteiger partial charge >= 0.3 is 0 Å². The van der Waals surface area contributed by atoms with Gasteiger partial charge in [0.25, 0.3) is 0 Å².